The molecule has 0 radical (unpaired) electrons. The molecule has 1 fully saturated rings. The van der Waals surface area contributed by atoms with Crippen molar-refractivity contribution in [1.82, 2.24) is 0 Å². The fourth-order valence-corrected chi connectivity index (χ4v) is 2.69. The van der Waals surface area contributed by atoms with Crippen LogP contribution < -0.4 is 0 Å². The van der Waals surface area contributed by atoms with Crippen LogP contribution in [0.3, 0.4) is 0 Å². The summed E-state index contributed by atoms with van der Waals surface area (Å²) in [5.41, 5.74) is 0.936. The Bertz CT molecular complexity index is 83.0. The van der Waals surface area contributed by atoms with Crippen molar-refractivity contribution in [2.75, 3.05) is 6.16 Å². The van der Waals surface area contributed by atoms with Gasteiger partial charge in [-0.25, -0.2) is 0 Å². The lowest BCUT2D eigenvalue weighted by molar-refractivity contribution is 0.546. The average molecular weight is 162 g/mol. The van der Waals surface area contributed by atoms with Crippen LogP contribution in [0.2, 0.25) is 0 Å². The van der Waals surface area contributed by atoms with Gasteiger partial charge in [0.1, 0.15) is 0 Å². The van der Waals surface area contributed by atoms with E-state index in [0.717, 1.165) is 11.6 Å². The van der Waals surface area contributed by atoms with Gasteiger partial charge < -0.3 is 0 Å². The molecule has 0 heterocycles. The van der Waals surface area contributed by atoms with Gasteiger partial charge in [0.15, 0.2) is 0 Å². The molecular weight excluding hydrogens is 146 g/mol. The van der Waals surface area contributed by atoms with E-state index in [-0.39, 0.29) is 0 Å². The van der Waals surface area contributed by atoms with Crippen LogP contribution in [0.25, 0.3) is 0 Å². The van der Waals surface area contributed by atoms with Crippen molar-refractivity contribution < 1.29 is 0 Å². The van der Waals surface area contributed by atoms with Gasteiger partial charge >= 0.3 is 0 Å². The second-order valence-corrected chi connectivity index (χ2v) is 4.37. The summed E-state index contributed by atoms with van der Waals surface area (Å²) in [5.74, 6) is 1.02. The molecule has 0 saturated heterocycles. The number of rotatable bonds is 2. The standard InChI is InChI=1S/C7H16P2/c8-5-4-6-2-1-3-7(6)9/h6-7H,1-5,8-9H2. The first-order valence-electron chi connectivity index (χ1n) is 3.80. The zero-order valence-electron chi connectivity index (χ0n) is 5.84. The fourth-order valence-electron chi connectivity index (χ4n) is 1.64. The Balaban J connectivity index is 2.22. The summed E-state index contributed by atoms with van der Waals surface area (Å²) in [5, 5.41) is 0. The van der Waals surface area contributed by atoms with Crippen molar-refractivity contribution in [1.29, 1.82) is 0 Å². The van der Waals surface area contributed by atoms with Crippen LogP contribution in [0.4, 0.5) is 0 Å². The quantitative estimate of drug-likeness (QED) is 0.546. The summed E-state index contributed by atoms with van der Waals surface area (Å²) >= 11 is 0. The van der Waals surface area contributed by atoms with E-state index < -0.39 is 0 Å². The summed E-state index contributed by atoms with van der Waals surface area (Å²) in [6.45, 7) is 0. The van der Waals surface area contributed by atoms with Crippen LogP contribution >= 0.6 is 18.5 Å². The molecule has 0 aromatic rings. The Labute approximate surface area is 62.6 Å². The molecule has 0 aromatic heterocycles. The van der Waals surface area contributed by atoms with E-state index in [4.69, 9.17) is 0 Å². The highest BCUT2D eigenvalue weighted by atomic mass is 31.0. The van der Waals surface area contributed by atoms with Gasteiger partial charge in [0.25, 0.3) is 0 Å². The molecule has 1 saturated carbocycles. The van der Waals surface area contributed by atoms with Crippen molar-refractivity contribution in [3.63, 3.8) is 0 Å². The van der Waals surface area contributed by atoms with Crippen LogP contribution in [-0.4, -0.2) is 11.8 Å². The first-order chi connectivity index (χ1) is 4.34. The first-order valence-corrected chi connectivity index (χ1v) is 5.28. The summed E-state index contributed by atoms with van der Waals surface area (Å²) in [6, 6.07) is 0. The van der Waals surface area contributed by atoms with E-state index in [2.05, 4.69) is 18.5 Å². The monoisotopic (exact) mass is 162 g/mol. The minimum absolute atomic E-state index is 0.936. The van der Waals surface area contributed by atoms with Crippen LogP contribution in [0.15, 0.2) is 0 Å². The molecule has 9 heavy (non-hydrogen) atoms. The van der Waals surface area contributed by atoms with E-state index in [1.54, 1.807) is 0 Å². The topological polar surface area (TPSA) is 0 Å². The highest BCUT2D eigenvalue weighted by Crippen LogP contribution is 2.33. The zero-order valence-corrected chi connectivity index (χ0v) is 8.15. The maximum atomic E-state index is 2.98. The molecule has 0 bridgehead atoms. The molecule has 0 amide bonds. The van der Waals surface area contributed by atoms with Gasteiger partial charge in [0.2, 0.25) is 0 Å². The highest BCUT2D eigenvalue weighted by molar-refractivity contribution is 7.17. The molecular formula is C7H16P2. The third-order valence-corrected chi connectivity index (χ3v) is 3.47. The lowest BCUT2D eigenvalue weighted by atomic mass is 10.1. The van der Waals surface area contributed by atoms with Gasteiger partial charge in [-0.15, -0.1) is 18.5 Å². The van der Waals surface area contributed by atoms with Crippen LogP contribution in [0, 0.1) is 5.92 Å². The molecule has 1 aliphatic carbocycles. The Morgan fingerprint density at radius 2 is 2.11 bits per heavy atom. The van der Waals surface area contributed by atoms with Gasteiger partial charge in [0, 0.05) is 0 Å². The second-order valence-electron chi connectivity index (χ2n) is 2.93. The van der Waals surface area contributed by atoms with Crippen molar-refractivity contribution in [2.45, 2.75) is 31.3 Å². The molecule has 54 valence electrons. The van der Waals surface area contributed by atoms with Crippen molar-refractivity contribution >= 4 is 18.5 Å². The predicted octanol–water partition coefficient (Wildman–Crippen LogP) is 2.30. The smallest absolute Gasteiger partial charge is 0.0236 e. The van der Waals surface area contributed by atoms with Crippen molar-refractivity contribution in [3.8, 4) is 0 Å². The molecule has 0 aliphatic heterocycles. The van der Waals surface area contributed by atoms with Gasteiger partial charge in [-0.05, 0) is 37.0 Å². The average Bonchev–Trinajstić information content (AvgIpc) is 2.18. The first kappa shape index (κ1) is 7.96. The summed E-state index contributed by atoms with van der Waals surface area (Å²) < 4.78 is 0. The van der Waals surface area contributed by atoms with Crippen LogP contribution in [0.1, 0.15) is 25.7 Å². The lowest BCUT2D eigenvalue weighted by Crippen LogP contribution is -2.05. The Kier molecular flexibility index (Phi) is 3.44. The van der Waals surface area contributed by atoms with Crippen molar-refractivity contribution in [2.24, 2.45) is 5.92 Å². The van der Waals surface area contributed by atoms with E-state index in [1.807, 2.05) is 0 Å². The highest BCUT2D eigenvalue weighted by Gasteiger charge is 2.21. The van der Waals surface area contributed by atoms with E-state index in [9.17, 15) is 0 Å². The largest absolute Gasteiger partial charge is 0.138 e. The van der Waals surface area contributed by atoms with Crippen molar-refractivity contribution in [3.05, 3.63) is 0 Å². The zero-order chi connectivity index (χ0) is 6.69. The normalized spacial score (nSPS) is 35.3. The Hall–Kier alpha value is 0.860. The summed E-state index contributed by atoms with van der Waals surface area (Å²) in [7, 11) is 5.79. The second kappa shape index (κ2) is 3.89. The molecule has 0 aromatic carbocycles. The molecule has 1 rings (SSSR count). The van der Waals surface area contributed by atoms with E-state index in [0.29, 0.717) is 0 Å². The molecule has 4 atom stereocenters. The number of hydrogen-bond donors (Lipinski definition) is 0. The minimum atomic E-state index is 0.936. The Morgan fingerprint density at radius 1 is 1.33 bits per heavy atom. The Morgan fingerprint density at radius 3 is 2.56 bits per heavy atom. The van der Waals surface area contributed by atoms with Gasteiger partial charge in [0.05, 0.1) is 0 Å². The molecule has 0 spiro atoms. The van der Waals surface area contributed by atoms with E-state index >= 15 is 0 Å². The van der Waals surface area contributed by atoms with Gasteiger partial charge in [-0.3, -0.25) is 0 Å². The molecule has 4 unspecified atom stereocenters. The van der Waals surface area contributed by atoms with Gasteiger partial charge in [-0.1, -0.05) is 6.42 Å². The van der Waals surface area contributed by atoms with Crippen LogP contribution in [0.5, 0.6) is 0 Å². The summed E-state index contributed by atoms with van der Waals surface area (Å²) in [6.07, 6.45) is 7.08. The third-order valence-electron chi connectivity index (χ3n) is 2.26. The lowest BCUT2D eigenvalue weighted by Gasteiger charge is -2.12. The maximum absolute atomic E-state index is 2.98. The maximum Gasteiger partial charge on any atom is -0.0236 e. The molecule has 2 heteroatoms. The minimum Gasteiger partial charge on any atom is -0.138 e. The SMILES string of the molecule is PCCC1CCCC1P. The van der Waals surface area contributed by atoms with Gasteiger partial charge in [-0.2, -0.15) is 0 Å². The molecule has 1 aliphatic rings. The number of hydrogen-bond acceptors (Lipinski definition) is 0. The van der Waals surface area contributed by atoms with Crippen LogP contribution in [-0.2, 0) is 0 Å². The summed E-state index contributed by atoms with van der Waals surface area (Å²) in [4.78, 5) is 0. The third kappa shape index (κ3) is 2.17. The fraction of sp³-hybridized carbons (Fsp3) is 1.00. The molecule has 0 nitrogen and oxygen atoms in total. The molecule has 0 N–H and O–H groups in total. The predicted molar refractivity (Wildman–Crippen MR) is 50.0 cm³/mol. The van der Waals surface area contributed by atoms with E-state index in [1.165, 1.54) is 31.8 Å².